The Bertz CT molecular complexity index is 693. The van der Waals surface area contributed by atoms with E-state index in [9.17, 15) is 0 Å². The van der Waals surface area contributed by atoms with Crippen LogP contribution in [0.4, 0.5) is 0 Å². The number of hydrogen-bond donors (Lipinski definition) is 1. The lowest BCUT2D eigenvalue weighted by Crippen LogP contribution is -1.84. The van der Waals surface area contributed by atoms with Crippen molar-refractivity contribution >= 4 is 38.8 Å². The molecule has 1 heterocycles. The Labute approximate surface area is 122 Å². The summed E-state index contributed by atoms with van der Waals surface area (Å²) in [4.78, 5) is 5.42. The van der Waals surface area contributed by atoms with Crippen LogP contribution in [0.2, 0.25) is 0 Å². The molecule has 0 atom stereocenters. The predicted molar refractivity (Wildman–Crippen MR) is 78.2 cm³/mol. The van der Waals surface area contributed by atoms with Gasteiger partial charge in [-0.3, -0.25) is 0 Å². The molecule has 19 heavy (non-hydrogen) atoms. The number of hydrogen-bond acceptors (Lipinski definition) is 4. The van der Waals surface area contributed by atoms with Crippen LogP contribution in [0.15, 0.2) is 61.5 Å². The molecule has 0 bridgehead atoms. The van der Waals surface area contributed by atoms with E-state index in [2.05, 4.69) is 20.9 Å². The van der Waals surface area contributed by atoms with Crippen LogP contribution in [0.3, 0.4) is 0 Å². The molecule has 0 aliphatic rings. The second kappa shape index (κ2) is 5.36. The van der Waals surface area contributed by atoms with E-state index >= 15 is 0 Å². The molecule has 3 nitrogen and oxygen atoms in total. The minimum absolute atomic E-state index is 0.0342. The maximum Gasteiger partial charge on any atom is 0.261 e. The van der Waals surface area contributed by atoms with Crippen LogP contribution in [0.25, 0.3) is 11.1 Å². The van der Waals surface area contributed by atoms with Gasteiger partial charge in [0.25, 0.3) is 5.22 Å². The first-order valence-electron chi connectivity index (χ1n) is 5.69. The zero-order valence-corrected chi connectivity index (χ0v) is 12.2. The first-order chi connectivity index (χ1) is 9.26. The van der Waals surface area contributed by atoms with Gasteiger partial charge in [0.2, 0.25) is 0 Å². The van der Waals surface area contributed by atoms with E-state index in [1.54, 1.807) is 0 Å². The van der Waals surface area contributed by atoms with Crippen molar-refractivity contribution in [3.05, 3.63) is 52.5 Å². The Morgan fingerprint density at radius 1 is 1.21 bits per heavy atom. The largest absolute Gasteiger partial charge is 0.431 e. The van der Waals surface area contributed by atoms with Gasteiger partial charge in [0.1, 0.15) is 5.52 Å². The third-order valence-corrected chi connectivity index (χ3v) is 4.49. The first-order valence-corrected chi connectivity index (χ1v) is 7.30. The highest BCUT2D eigenvalue weighted by atomic mass is 79.9. The van der Waals surface area contributed by atoms with E-state index in [0.717, 1.165) is 26.0 Å². The van der Waals surface area contributed by atoms with Crippen LogP contribution >= 0.6 is 27.7 Å². The Morgan fingerprint density at radius 3 is 2.79 bits per heavy atom. The van der Waals surface area contributed by atoms with Crippen molar-refractivity contribution in [3.8, 4) is 0 Å². The van der Waals surface area contributed by atoms with Gasteiger partial charge in [0.05, 0.1) is 6.61 Å². The molecule has 2 aromatic carbocycles. The van der Waals surface area contributed by atoms with Gasteiger partial charge >= 0.3 is 0 Å². The number of halogens is 1. The smallest absolute Gasteiger partial charge is 0.261 e. The highest BCUT2D eigenvalue weighted by Crippen LogP contribution is 2.35. The minimum Gasteiger partial charge on any atom is -0.431 e. The van der Waals surface area contributed by atoms with Crippen LogP contribution in [0.1, 0.15) is 5.56 Å². The molecule has 0 amide bonds. The number of para-hydroxylation sites is 2. The van der Waals surface area contributed by atoms with Crippen molar-refractivity contribution in [2.24, 2.45) is 0 Å². The highest BCUT2D eigenvalue weighted by molar-refractivity contribution is 9.10. The van der Waals surface area contributed by atoms with Crippen molar-refractivity contribution in [2.75, 3.05) is 0 Å². The van der Waals surface area contributed by atoms with Gasteiger partial charge in [-0.25, -0.2) is 4.98 Å². The van der Waals surface area contributed by atoms with E-state index < -0.39 is 0 Å². The van der Waals surface area contributed by atoms with E-state index in [0.29, 0.717) is 5.22 Å². The monoisotopic (exact) mass is 335 g/mol. The maximum atomic E-state index is 9.08. The Kier molecular flexibility index (Phi) is 3.59. The van der Waals surface area contributed by atoms with Crippen molar-refractivity contribution in [1.82, 2.24) is 4.98 Å². The molecule has 5 heteroatoms. The number of aliphatic hydroxyl groups excluding tert-OH is 1. The summed E-state index contributed by atoms with van der Waals surface area (Å²) in [6.45, 7) is 0.0342. The molecule has 0 spiro atoms. The van der Waals surface area contributed by atoms with Crippen LogP contribution in [-0.2, 0) is 6.61 Å². The summed E-state index contributed by atoms with van der Waals surface area (Å²) in [5.74, 6) is 0. The van der Waals surface area contributed by atoms with E-state index in [-0.39, 0.29) is 6.61 Å². The molecule has 0 saturated heterocycles. The summed E-state index contributed by atoms with van der Waals surface area (Å²) >= 11 is 4.94. The molecule has 3 rings (SSSR count). The molecule has 96 valence electrons. The Hall–Kier alpha value is -1.30. The molecule has 1 aromatic heterocycles. The Balaban J connectivity index is 1.92. The summed E-state index contributed by atoms with van der Waals surface area (Å²) in [5, 5.41) is 9.69. The summed E-state index contributed by atoms with van der Waals surface area (Å²) in [7, 11) is 0. The molecule has 0 fully saturated rings. The average Bonchev–Trinajstić information content (AvgIpc) is 2.83. The number of oxazole rings is 1. The molecule has 0 aliphatic carbocycles. The van der Waals surface area contributed by atoms with Crippen molar-refractivity contribution < 1.29 is 9.52 Å². The lowest BCUT2D eigenvalue weighted by Gasteiger charge is -2.03. The number of benzene rings is 2. The predicted octanol–water partition coefficient (Wildman–Crippen LogP) is 4.23. The SMILES string of the molecule is OCc1ccc(Sc2nc3ccccc3o2)c(Br)c1. The van der Waals surface area contributed by atoms with Crippen molar-refractivity contribution in [2.45, 2.75) is 16.7 Å². The third kappa shape index (κ3) is 2.68. The van der Waals surface area contributed by atoms with Crippen molar-refractivity contribution in [3.63, 3.8) is 0 Å². The van der Waals surface area contributed by atoms with E-state index in [4.69, 9.17) is 9.52 Å². The standard InChI is InChI=1S/C14H10BrNO2S/c15-10-7-9(8-17)5-6-13(10)19-14-16-11-3-1-2-4-12(11)18-14/h1-7,17H,8H2. The molecular formula is C14H10BrNO2S. The van der Waals surface area contributed by atoms with Gasteiger partial charge in [-0.2, -0.15) is 0 Å². The van der Waals surface area contributed by atoms with E-state index in [1.165, 1.54) is 11.8 Å². The molecule has 3 aromatic rings. The van der Waals surface area contributed by atoms with Gasteiger partial charge in [-0.15, -0.1) is 0 Å². The molecular weight excluding hydrogens is 326 g/mol. The normalized spacial score (nSPS) is 11.1. The van der Waals surface area contributed by atoms with Crippen molar-refractivity contribution in [1.29, 1.82) is 0 Å². The average molecular weight is 336 g/mol. The lowest BCUT2D eigenvalue weighted by atomic mass is 10.2. The summed E-state index contributed by atoms with van der Waals surface area (Å²) in [6, 6.07) is 13.4. The molecule has 0 saturated carbocycles. The first kappa shape index (κ1) is 12.7. The molecule has 1 N–H and O–H groups in total. The quantitative estimate of drug-likeness (QED) is 0.777. The fourth-order valence-corrected chi connectivity index (χ4v) is 3.14. The lowest BCUT2D eigenvalue weighted by molar-refractivity contribution is 0.281. The number of aliphatic hydroxyl groups is 1. The number of aromatic nitrogens is 1. The van der Waals surface area contributed by atoms with Crippen LogP contribution in [0, 0.1) is 0 Å². The zero-order chi connectivity index (χ0) is 13.2. The van der Waals surface area contributed by atoms with Gasteiger partial charge in [0.15, 0.2) is 5.58 Å². The fraction of sp³-hybridized carbons (Fsp3) is 0.0714. The summed E-state index contributed by atoms with van der Waals surface area (Å²) in [5.41, 5.74) is 2.51. The highest BCUT2D eigenvalue weighted by Gasteiger charge is 2.09. The van der Waals surface area contributed by atoms with Gasteiger partial charge in [0, 0.05) is 9.37 Å². The number of rotatable bonds is 3. The zero-order valence-electron chi connectivity index (χ0n) is 9.84. The second-order valence-corrected chi connectivity index (χ2v) is 5.82. The fourth-order valence-electron chi connectivity index (χ4n) is 1.71. The maximum absolute atomic E-state index is 9.08. The summed E-state index contributed by atoms with van der Waals surface area (Å²) < 4.78 is 6.59. The van der Waals surface area contributed by atoms with Gasteiger partial charge in [-0.1, -0.05) is 18.2 Å². The van der Waals surface area contributed by atoms with E-state index in [1.807, 2.05) is 42.5 Å². The van der Waals surface area contributed by atoms with Gasteiger partial charge in [-0.05, 0) is 57.5 Å². The number of fused-ring (bicyclic) bond motifs is 1. The van der Waals surface area contributed by atoms with Gasteiger partial charge < -0.3 is 9.52 Å². The minimum atomic E-state index is 0.0342. The third-order valence-electron chi connectivity index (χ3n) is 2.65. The van der Waals surface area contributed by atoms with Crippen LogP contribution in [0.5, 0.6) is 0 Å². The molecule has 0 radical (unpaired) electrons. The molecule has 0 unspecified atom stereocenters. The Morgan fingerprint density at radius 2 is 2.05 bits per heavy atom. The summed E-state index contributed by atoms with van der Waals surface area (Å²) in [6.07, 6.45) is 0. The van der Waals surface area contributed by atoms with Crippen LogP contribution in [-0.4, -0.2) is 10.1 Å². The number of nitrogens with zero attached hydrogens (tertiary/aromatic N) is 1. The second-order valence-electron chi connectivity index (χ2n) is 3.97. The molecule has 0 aliphatic heterocycles. The topological polar surface area (TPSA) is 46.3 Å². The van der Waals surface area contributed by atoms with Crippen LogP contribution < -0.4 is 0 Å².